The lowest BCUT2D eigenvalue weighted by molar-refractivity contribution is 0.459. The van der Waals surface area contributed by atoms with Gasteiger partial charge in [-0.05, 0) is 18.1 Å². The van der Waals surface area contributed by atoms with Crippen LogP contribution in [0.15, 0.2) is 17.0 Å². The van der Waals surface area contributed by atoms with Crippen LogP contribution in [0.2, 0.25) is 0 Å². The first-order chi connectivity index (χ1) is 6.91. The Hall–Kier alpha value is -1.25. The Bertz CT molecular complexity index is 531. The third-order valence-corrected chi connectivity index (χ3v) is 3.32. The lowest BCUT2D eigenvalue weighted by Gasteiger charge is -2.06. The van der Waals surface area contributed by atoms with Crippen molar-refractivity contribution < 1.29 is 13.5 Å². The molecule has 15 heavy (non-hydrogen) atoms. The number of rotatable bonds is 2. The van der Waals surface area contributed by atoms with Gasteiger partial charge in [0.25, 0.3) is 9.05 Å². The molecule has 1 N–H and O–H groups in total. The molecule has 0 aliphatic heterocycles. The van der Waals surface area contributed by atoms with Crippen LogP contribution in [0.1, 0.15) is 18.1 Å². The number of nitriles is 1. The highest BCUT2D eigenvalue weighted by atomic mass is 35.7. The number of benzene rings is 1. The Kier molecular flexibility index (Phi) is 3.22. The summed E-state index contributed by atoms with van der Waals surface area (Å²) in [6.07, 6.45) is 0.489. The van der Waals surface area contributed by atoms with E-state index in [1.165, 1.54) is 12.1 Å². The highest BCUT2D eigenvalue weighted by Crippen LogP contribution is 2.31. The van der Waals surface area contributed by atoms with Crippen LogP contribution < -0.4 is 0 Å². The van der Waals surface area contributed by atoms with Crippen molar-refractivity contribution in [3.05, 3.63) is 23.3 Å². The van der Waals surface area contributed by atoms with Crippen LogP contribution in [0.3, 0.4) is 0 Å². The van der Waals surface area contributed by atoms with Crippen molar-refractivity contribution in [3.63, 3.8) is 0 Å². The number of halogens is 1. The SMILES string of the molecule is CCc1ccc(O)c(S(=O)(=O)Cl)c1C#N. The van der Waals surface area contributed by atoms with Crippen molar-refractivity contribution in [2.24, 2.45) is 0 Å². The second-order valence-electron chi connectivity index (χ2n) is 2.85. The topological polar surface area (TPSA) is 78.2 Å². The average Bonchev–Trinajstić information content (AvgIpc) is 2.15. The summed E-state index contributed by atoms with van der Waals surface area (Å²) in [5.74, 6) is -0.501. The zero-order valence-electron chi connectivity index (χ0n) is 7.86. The molecule has 0 saturated carbocycles. The number of nitrogens with zero attached hydrogens (tertiary/aromatic N) is 1. The van der Waals surface area contributed by atoms with E-state index in [4.69, 9.17) is 15.9 Å². The number of phenolic OH excluding ortho intramolecular Hbond substituents is 1. The number of hydrogen-bond donors (Lipinski definition) is 1. The fourth-order valence-corrected chi connectivity index (χ4v) is 2.48. The molecule has 1 aromatic carbocycles. The van der Waals surface area contributed by atoms with Crippen LogP contribution in [0, 0.1) is 11.3 Å². The quantitative estimate of drug-likeness (QED) is 0.806. The summed E-state index contributed by atoms with van der Waals surface area (Å²) in [6, 6.07) is 4.46. The number of aryl methyl sites for hydroxylation is 1. The van der Waals surface area contributed by atoms with Gasteiger partial charge in [-0.15, -0.1) is 0 Å². The van der Waals surface area contributed by atoms with Crippen molar-refractivity contribution in [1.29, 1.82) is 5.26 Å². The normalized spacial score (nSPS) is 11.0. The molecule has 1 aromatic rings. The maximum atomic E-state index is 11.2. The first-order valence-electron chi connectivity index (χ1n) is 4.11. The molecule has 0 aliphatic rings. The maximum absolute atomic E-state index is 11.2. The van der Waals surface area contributed by atoms with Gasteiger partial charge in [0.1, 0.15) is 16.7 Å². The van der Waals surface area contributed by atoms with Crippen LogP contribution in [0.5, 0.6) is 5.75 Å². The molecule has 0 heterocycles. The molecule has 0 amide bonds. The molecular formula is C9H8ClNO3S. The molecule has 0 saturated heterocycles. The highest BCUT2D eigenvalue weighted by molar-refractivity contribution is 8.13. The molecule has 1 rings (SSSR count). The zero-order valence-corrected chi connectivity index (χ0v) is 9.43. The monoisotopic (exact) mass is 245 g/mol. The summed E-state index contributed by atoms with van der Waals surface area (Å²) >= 11 is 0. The van der Waals surface area contributed by atoms with E-state index in [0.717, 1.165) is 0 Å². The molecule has 0 atom stereocenters. The predicted molar refractivity (Wildman–Crippen MR) is 55.2 cm³/mol. The second kappa shape index (κ2) is 4.09. The third-order valence-electron chi connectivity index (χ3n) is 1.96. The van der Waals surface area contributed by atoms with E-state index >= 15 is 0 Å². The van der Waals surface area contributed by atoms with Gasteiger partial charge in [0, 0.05) is 10.7 Å². The van der Waals surface area contributed by atoms with E-state index in [2.05, 4.69) is 0 Å². The van der Waals surface area contributed by atoms with Gasteiger partial charge in [-0.3, -0.25) is 0 Å². The van der Waals surface area contributed by atoms with Gasteiger partial charge in [0.2, 0.25) is 0 Å². The van der Waals surface area contributed by atoms with Crippen LogP contribution in [0.25, 0.3) is 0 Å². The molecule has 0 aromatic heterocycles. The molecule has 6 heteroatoms. The fourth-order valence-electron chi connectivity index (χ4n) is 1.28. The third kappa shape index (κ3) is 2.22. The van der Waals surface area contributed by atoms with E-state index < -0.39 is 19.7 Å². The Morgan fingerprint density at radius 2 is 2.13 bits per heavy atom. The average molecular weight is 246 g/mol. The second-order valence-corrected chi connectivity index (χ2v) is 5.35. The van der Waals surface area contributed by atoms with Crippen LogP contribution in [0.4, 0.5) is 0 Å². The lowest BCUT2D eigenvalue weighted by atomic mass is 10.1. The summed E-state index contributed by atoms with van der Waals surface area (Å²) in [4.78, 5) is -0.508. The first-order valence-corrected chi connectivity index (χ1v) is 6.42. The number of phenols is 1. The summed E-state index contributed by atoms with van der Waals surface area (Å²) < 4.78 is 22.3. The van der Waals surface area contributed by atoms with E-state index in [-0.39, 0.29) is 5.56 Å². The van der Waals surface area contributed by atoms with Crippen molar-refractivity contribution in [3.8, 4) is 11.8 Å². The van der Waals surface area contributed by atoms with Crippen molar-refractivity contribution in [1.82, 2.24) is 0 Å². The Balaban J connectivity index is 3.71. The van der Waals surface area contributed by atoms with Gasteiger partial charge >= 0.3 is 0 Å². The highest BCUT2D eigenvalue weighted by Gasteiger charge is 2.22. The molecule has 0 spiro atoms. The summed E-state index contributed by atoms with van der Waals surface area (Å²) in [5, 5.41) is 18.2. The van der Waals surface area contributed by atoms with E-state index in [1.54, 1.807) is 13.0 Å². The predicted octanol–water partition coefficient (Wildman–Crippen LogP) is 1.75. The molecular weight excluding hydrogens is 238 g/mol. The molecule has 0 unspecified atom stereocenters. The van der Waals surface area contributed by atoms with Gasteiger partial charge in [0.15, 0.2) is 0 Å². The zero-order chi connectivity index (χ0) is 11.6. The molecule has 0 radical (unpaired) electrons. The van der Waals surface area contributed by atoms with E-state index in [9.17, 15) is 13.5 Å². The van der Waals surface area contributed by atoms with Gasteiger partial charge < -0.3 is 5.11 Å². The first kappa shape index (κ1) is 11.8. The standard InChI is InChI=1S/C9H8ClNO3S/c1-2-6-3-4-8(12)9(7(6)5-11)15(10,13)14/h3-4,12H,2H2,1H3. The number of aromatic hydroxyl groups is 1. The Morgan fingerprint density at radius 1 is 1.53 bits per heavy atom. The van der Waals surface area contributed by atoms with Crippen LogP contribution >= 0.6 is 10.7 Å². The van der Waals surface area contributed by atoms with Crippen molar-refractivity contribution >= 4 is 19.7 Å². The largest absolute Gasteiger partial charge is 0.506 e. The van der Waals surface area contributed by atoms with Crippen molar-refractivity contribution in [2.75, 3.05) is 0 Å². The van der Waals surface area contributed by atoms with Crippen LogP contribution in [-0.4, -0.2) is 13.5 Å². The number of hydrogen-bond acceptors (Lipinski definition) is 4. The summed E-state index contributed by atoms with van der Waals surface area (Å²) in [5.41, 5.74) is 0.446. The van der Waals surface area contributed by atoms with E-state index in [0.29, 0.717) is 12.0 Å². The minimum absolute atomic E-state index is 0.0903. The van der Waals surface area contributed by atoms with Gasteiger partial charge in [-0.25, -0.2) is 8.42 Å². The van der Waals surface area contributed by atoms with Crippen molar-refractivity contribution in [2.45, 2.75) is 18.2 Å². The maximum Gasteiger partial charge on any atom is 0.266 e. The fraction of sp³-hybridized carbons (Fsp3) is 0.222. The van der Waals surface area contributed by atoms with Gasteiger partial charge in [-0.2, -0.15) is 5.26 Å². The summed E-state index contributed by atoms with van der Waals surface area (Å²) in [6.45, 7) is 1.78. The Labute approximate surface area is 92.1 Å². The molecule has 0 bridgehead atoms. The minimum Gasteiger partial charge on any atom is -0.506 e. The molecule has 4 nitrogen and oxygen atoms in total. The lowest BCUT2D eigenvalue weighted by Crippen LogP contribution is -1.99. The molecule has 80 valence electrons. The smallest absolute Gasteiger partial charge is 0.266 e. The van der Waals surface area contributed by atoms with Gasteiger partial charge in [-0.1, -0.05) is 13.0 Å². The summed E-state index contributed by atoms with van der Waals surface area (Å²) in [7, 11) is 1.03. The van der Waals surface area contributed by atoms with E-state index in [1.807, 2.05) is 0 Å². The van der Waals surface area contributed by atoms with Gasteiger partial charge in [0.05, 0.1) is 5.56 Å². The van der Waals surface area contributed by atoms with Crippen LogP contribution in [-0.2, 0) is 15.5 Å². The molecule has 0 fully saturated rings. The molecule has 0 aliphatic carbocycles. The minimum atomic E-state index is -4.11. The Morgan fingerprint density at radius 3 is 2.53 bits per heavy atom.